The van der Waals surface area contributed by atoms with Gasteiger partial charge in [0.25, 0.3) is 0 Å². The highest BCUT2D eigenvalue weighted by atomic mass is 16.3. The van der Waals surface area contributed by atoms with Crippen molar-refractivity contribution >= 4 is 11.8 Å². The number of hydrogen-bond acceptors (Lipinski definition) is 3. The Balaban J connectivity index is 2.37. The Morgan fingerprint density at radius 1 is 1.42 bits per heavy atom. The summed E-state index contributed by atoms with van der Waals surface area (Å²) in [6.07, 6.45) is 1.60. The molecule has 0 spiro atoms. The van der Waals surface area contributed by atoms with Crippen molar-refractivity contribution < 1.29 is 19.2 Å². The Morgan fingerprint density at radius 3 is 2.53 bits per heavy atom. The first-order valence-corrected chi connectivity index (χ1v) is 7.11. The highest BCUT2D eigenvalue weighted by Gasteiger charge is 2.35. The van der Waals surface area contributed by atoms with Crippen LogP contribution in [0.15, 0.2) is 0 Å². The second-order valence-corrected chi connectivity index (χ2v) is 6.25. The van der Waals surface area contributed by atoms with E-state index in [1.165, 1.54) is 4.90 Å². The standard InChI is InChI=1S/C14H27N2O3/c1-5-12(17)10-16(3,4)8-6-7-15-13(18)9-11(2)14(15)19/h11-12,17H,5-10H2,1-4H3/q+1. The number of quaternary nitrogens is 1. The molecular weight excluding hydrogens is 244 g/mol. The molecule has 2 atom stereocenters. The molecule has 0 aliphatic carbocycles. The first-order valence-electron chi connectivity index (χ1n) is 7.11. The van der Waals surface area contributed by atoms with Crippen LogP contribution in [-0.2, 0) is 9.59 Å². The van der Waals surface area contributed by atoms with E-state index in [0.717, 1.165) is 19.4 Å². The van der Waals surface area contributed by atoms with Crippen LogP contribution in [0.2, 0.25) is 0 Å². The van der Waals surface area contributed by atoms with Crippen LogP contribution in [0.4, 0.5) is 0 Å². The van der Waals surface area contributed by atoms with E-state index in [1.807, 2.05) is 6.92 Å². The van der Waals surface area contributed by atoms with Crippen molar-refractivity contribution in [2.45, 2.75) is 39.2 Å². The average molecular weight is 271 g/mol. The van der Waals surface area contributed by atoms with Gasteiger partial charge in [-0.1, -0.05) is 13.8 Å². The van der Waals surface area contributed by atoms with Gasteiger partial charge in [0, 0.05) is 25.3 Å². The van der Waals surface area contributed by atoms with Gasteiger partial charge in [0.1, 0.15) is 12.6 Å². The molecule has 0 bridgehead atoms. The molecule has 0 aromatic heterocycles. The minimum atomic E-state index is -0.287. The van der Waals surface area contributed by atoms with E-state index in [0.29, 0.717) is 24.0 Å². The maximum Gasteiger partial charge on any atom is 0.232 e. The molecular formula is C14H27N2O3+. The summed E-state index contributed by atoms with van der Waals surface area (Å²) in [7, 11) is 4.13. The van der Waals surface area contributed by atoms with Gasteiger partial charge in [0.15, 0.2) is 0 Å². The average Bonchev–Trinajstić information content (AvgIpc) is 2.54. The first kappa shape index (κ1) is 16.1. The predicted octanol–water partition coefficient (Wildman–Crippen LogP) is 0.619. The molecule has 19 heavy (non-hydrogen) atoms. The summed E-state index contributed by atoms with van der Waals surface area (Å²) < 4.78 is 0.709. The Labute approximate surface area is 115 Å². The number of amides is 2. The largest absolute Gasteiger partial charge is 0.387 e. The molecule has 110 valence electrons. The molecule has 2 amide bonds. The molecule has 0 saturated carbocycles. The van der Waals surface area contributed by atoms with Crippen molar-refractivity contribution in [1.29, 1.82) is 0 Å². The Hall–Kier alpha value is -0.940. The van der Waals surface area contributed by atoms with Crippen LogP contribution in [0.25, 0.3) is 0 Å². The predicted molar refractivity (Wildman–Crippen MR) is 73.3 cm³/mol. The number of carbonyl (C=O) groups excluding carboxylic acids is 2. The van der Waals surface area contributed by atoms with E-state index in [9.17, 15) is 14.7 Å². The third-order valence-electron chi connectivity index (χ3n) is 3.79. The summed E-state index contributed by atoms with van der Waals surface area (Å²) in [5.74, 6) is -0.239. The number of likely N-dealkylation sites (N-methyl/N-ethyl adjacent to an activating group) is 1. The number of rotatable bonds is 7. The quantitative estimate of drug-likeness (QED) is 0.545. The van der Waals surface area contributed by atoms with Crippen LogP contribution in [0.5, 0.6) is 0 Å². The summed E-state index contributed by atoms with van der Waals surface area (Å²) in [4.78, 5) is 24.8. The molecule has 1 aliphatic rings. The molecule has 2 unspecified atom stereocenters. The van der Waals surface area contributed by atoms with Gasteiger partial charge >= 0.3 is 0 Å². The number of hydrogen-bond donors (Lipinski definition) is 1. The van der Waals surface area contributed by atoms with Crippen molar-refractivity contribution in [3.8, 4) is 0 Å². The summed E-state index contributed by atoms with van der Waals surface area (Å²) in [5, 5.41) is 9.69. The molecule has 1 heterocycles. The molecule has 1 aliphatic heterocycles. The fourth-order valence-corrected chi connectivity index (χ4v) is 2.53. The first-order chi connectivity index (χ1) is 8.76. The van der Waals surface area contributed by atoms with Gasteiger partial charge in [-0.25, -0.2) is 0 Å². The lowest BCUT2D eigenvalue weighted by Crippen LogP contribution is -2.47. The van der Waals surface area contributed by atoms with Crippen molar-refractivity contribution in [1.82, 2.24) is 4.90 Å². The van der Waals surface area contributed by atoms with Gasteiger partial charge in [0.2, 0.25) is 11.8 Å². The Morgan fingerprint density at radius 2 is 2.05 bits per heavy atom. The van der Waals surface area contributed by atoms with Crippen LogP contribution in [0.1, 0.15) is 33.1 Å². The summed E-state index contributed by atoms with van der Waals surface area (Å²) in [5.41, 5.74) is 0. The summed E-state index contributed by atoms with van der Waals surface area (Å²) >= 11 is 0. The topological polar surface area (TPSA) is 57.6 Å². The Kier molecular flexibility index (Phi) is 5.50. The maximum atomic E-state index is 11.8. The van der Waals surface area contributed by atoms with E-state index >= 15 is 0 Å². The van der Waals surface area contributed by atoms with Crippen molar-refractivity contribution in [2.24, 2.45) is 5.92 Å². The molecule has 5 nitrogen and oxygen atoms in total. The number of aliphatic hydroxyl groups is 1. The highest BCUT2D eigenvalue weighted by Crippen LogP contribution is 2.19. The lowest BCUT2D eigenvalue weighted by atomic mass is 10.1. The van der Waals surface area contributed by atoms with Crippen molar-refractivity contribution in [2.75, 3.05) is 33.7 Å². The van der Waals surface area contributed by atoms with Gasteiger partial charge in [-0.3, -0.25) is 14.5 Å². The van der Waals surface area contributed by atoms with E-state index < -0.39 is 0 Å². The smallest absolute Gasteiger partial charge is 0.232 e. The molecule has 0 aromatic carbocycles. The number of carbonyl (C=O) groups is 2. The van der Waals surface area contributed by atoms with Crippen LogP contribution in [-0.4, -0.2) is 66.1 Å². The van der Waals surface area contributed by atoms with Crippen LogP contribution >= 0.6 is 0 Å². The zero-order chi connectivity index (χ0) is 14.6. The third-order valence-corrected chi connectivity index (χ3v) is 3.79. The zero-order valence-corrected chi connectivity index (χ0v) is 12.6. The second-order valence-electron chi connectivity index (χ2n) is 6.25. The highest BCUT2D eigenvalue weighted by molar-refractivity contribution is 6.03. The molecule has 1 rings (SSSR count). The molecule has 1 N–H and O–H groups in total. The van der Waals surface area contributed by atoms with Gasteiger partial charge in [0.05, 0.1) is 20.6 Å². The fraction of sp³-hybridized carbons (Fsp3) is 0.857. The molecule has 5 heteroatoms. The van der Waals surface area contributed by atoms with Crippen molar-refractivity contribution in [3.05, 3.63) is 0 Å². The molecule has 1 fully saturated rings. The van der Waals surface area contributed by atoms with E-state index in [4.69, 9.17) is 0 Å². The van der Waals surface area contributed by atoms with Gasteiger partial charge < -0.3 is 9.59 Å². The summed E-state index contributed by atoms with van der Waals surface area (Å²) in [6.45, 7) is 5.83. The lowest BCUT2D eigenvalue weighted by molar-refractivity contribution is -0.893. The van der Waals surface area contributed by atoms with E-state index in [1.54, 1.807) is 6.92 Å². The maximum absolute atomic E-state index is 11.8. The fourth-order valence-electron chi connectivity index (χ4n) is 2.53. The minimum absolute atomic E-state index is 0.0381. The van der Waals surface area contributed by atoms with Crippen molar-refractivity contribution in [3.63, 3.8) is 0 Å². The lowest BCUT2D eigenvalue weighted by Gasteiger charge is -2.32. The number of imide groups is 1. The normalized spacial score (nSPS) is 22.2. The minimum Gasteiger partial charge on any atom is -0.387 e. The number of aliphatic hydroxyl groups excluding tert-OH is 1. The SMILES string of the molecule is CCC(O)C[N+](C)(C)CCCN1C(=O)CC(C)C1=O. The Bertz CT molecular complexity index is 342. The van der Waals surface area contributed by atoms with Crippen LogP contribution in [0.3, 0.4) is 0 Å². The van der Waals surface area contributed by atoms with E-state index in [-0.39, 0.29) is 23.8 Å². The monoisotopic (exact) mass is 271 g/mol. The molecule has 0 radical (unpaired) electrons. The zero-order valence-electron chi connectivity index (χ0n) is 12.6. The summed E-state index contributed by atoms with van der Waals surface area (Å²) in [6, 6.07) is 0. The number of nitrogens with zero attached hydrogens (tertiary/aromatic N) is 2. The van der Waals surface area contributed by atoms with Gasteiger partial charge in [-0.15, -0.1) is 0 Å². The van der Waals surface area contributed by atoms with E-state index in [2.05, 4.69) is 14.1 Å². The molecule has 0 aromatic rings. The third kappa shape index (κ3) is 4.58. The number of likely N-dealkylation sites (tertiary alicyclic amines) is 1. The van der Waals surface area contributed by atoms with Gasteiger partial charge in [-0.05, 0) is 6.42 Å². The van der Waals surface area contributed by atoms with Gasteiger partial charge in [-0.2, -0.15) is 0 Å². The van der Waals surface area contributed by atoms with Crippen LogP contribution < -0.4 is 0 Å². The van der Waals surface area contributed by atoms with Crippen LogP contribution in [0, 0.1) is 5.92 Å². The molecule has 1 saturated heterocycles. The second kappa shape index (κ2) is 6.48.